The number of fused-ring (bicyclic) bond motifs is 1. The van der Waals surface area contributed by atoms with E-state index in [2.05, 4.69) is 0 Å². The highest BCUT2D eigenvalue weighted by Gasteiger charge is 2.12. The van der Waals surface area contributed by atoms with Gasteiger partial charge >= 0.3 is 0 Å². The molecule has 14 heavy (non-hydrogen) atoms. The van der Waals surface area contributed by atoms with Crippen molar-refractivity contribution in [1.82, 2.24) is 0 Å². The van der Waals surface area contributed by atoms with E-state index in [1.807, 2.05) is 12.3 Å². The lowest BCUT2D eigenvalue weighted by Gasteiger charge is -1.96. The normalized spacial score (nSPS) is 10.7. The van der Waals surface area contributed by atoms with Crippen LogP contribution in [0, 0.1) is 5.82 Å². The van der Waals surface area contributed by atoms with Crippen molar-refractivity contribution in [3.05, 3.63) is 28.9 Å². The Kier molecular flexibility index (Phi) is 2.56. The first-order valence-corrected chi connectivity index (χ1v) is 6.02. The van der Waals surface area contributed by atoms with Gasteiger partial charge in [-0.1, -0.05) is 12.1 Å². The summed E-state index contributed by atoms with van der Waals surface area (Å²) in [6, 6.07) is 5.43. The Balaban J connectivity index is 2.83. The predicted octanol–water partition coefficient (Wildman–Crippen LogP) is 3.57. The zero-order valence-corrected chi connectivity index (χ0v) is 9.05. The molecule has 0 spiro atoms. The monoisotopic (exact) mass is 226 g/mol. The summed E-state index contributed by atoms with van der Waals surface area (Å²) in [7, 11) is 0. The van der Waals surface area contributed by atoms with E-state index in [0.717, 1.165) is 9.60 Å². The summed E-state index contributed by atoms with van der Waals surface area (Å²) >= 11 is 2.77. The van der Waals surface area contributed by atoms with Crippen LogP contribution in [0.3, 0.4) is 0 Å². The van der Waals surface area contributed by atoms with Crippen LogP contribution in [0.25, 0.3) is 10.1 Å². The minimum atomic E-state index is -0.393. The molecule has 1 nitrogen and oxygen atoms in total. The van der Waals surface area contributed by atoms with Gasteiger partial charge in [-0.2, -0.15) is 0 Å². The van der Waals surface area contributed by atoms with Crippen molar-refractivity contribution in [2.24, 2.45) is 0 Å². The van der Waals surface area contributed by atoms with Gasteiger partial charge in [-0.15, -0.1) is 23.1 Å². The molecule has 0 saturated carbocycles. The fraction of sp³-hybridized carbons (Fsp3) is 0.100. The molecule has 72 valence electrons. The van der Waals surface area contributed by atoms with Crippen molar-refractivity contribution in [1.29, 1.82) is 0 Å². The van der Waals surface area contributed by atoms with Crippen molar-refractivity contribution in [2.75, 3.05) is 6.26 Å². The zero-order chi connectivity index (χ0) is 10.1. The van der Waals surface area contributed by atoms with Gasteiger partial charge < -0.3 is 0 Å². The van der Waals surface area contributed by atoms with Crippen LogP contribution in [0.1, 0.15) is 9.67 Å². The van der Waals surface area contributed by atoms with E-state index >= 15 is 0 Å². The Labute approximate surface area is 88.9 Å². The molecule has 4 heteroatoms. The quantitative estimate of drug-likeness (QED) is 0.575. The molecule has 0 aliphatic carbocycles. The Morgan fingerprint density at radius 1 is 1.50 bits per heavy atom. The summed E-state index contributed by atoms with van der Waals surface area (Å²) in [5.41, 5.74) is 0. The molecule has 0 amide bonds. The molecule has 0 unspecified atom stereocenters. The van der Waals surface area contributed by atoms with Crippen LogP contribution < -0.4 is 0 Å². The SMILES string of the molecule is CSc1cccc2c(F)c(C=O)sc12. The summed E-state index contributed by atoms with van der Waals surface area (Å²) < 4.78 is 14.4. The van der Waals surface area contributed by atoms with Crippen molar-refractivity contribution < 1.29 is 9.18 Å². The van der Waals surface area contributed by atoms with Crippen molar-refractivity contribution in [3.8, 4) is 0 Å². The van der Waals surface area contributed by atoms with Crippen LogP contribution in [0.5, 0.6) is 0 Å². The number of carbonyl (C=O) groups excluding carboxylic acids is 1. The Morgan fingerprint density at radius 2 is 2.29 bits per heavy atom. The second-order valence-electron chi connectivity index (χ2n) is 2.74. The summed E-state index contributed by atoms with van der Waals surface area (Å²) in [6.45, 7) is 0. The highest BCUT2D eigenvalue weighted by molar-refractivity contribution is 7.99. The second kappa shape index (κ2) is 3.71. The molecule has 0 radical (unpaired) electrons. The lowest BCUT2D eigenvalue weighted by Crippen LogP contribution is -1.76. The molecular weight excluding hydrogens is 219 g/mol. The standard InChI is InChI=1S/C10H7FOS2/c1-13-7-4-2-3-6-9(11)8(5-12)14-10(6)7/h2-5H,1H3. The van der Waals surface area contributed by atoms with E-state index in [0.29, 0.717) is 11.7 Å². The smallest absolute Gasteiger partial charge is 0.163 e. The molecule has 0 aliphatic heterocycles. The highest BCUT2D eigenvalue weighted by Crippen LogP contribution is 2.35. The minimum absolute atomic E-state index is 0.182. The fourth-order valence-corrected chi connectivity index (χ4v) is 3.11. The third-order valence-electron chi connectivity index (χ3n) is 1.97. The van der Waals surface area contributed by atoms with Gasteiger partial charge in [-0.05, 0) is 12.3 Å². The molecule has 0 atom stereocenters. The van der Waals surface area contributed by atoms with Gasteiger partial charge in [-0.3, -0.25) is 4.79 Å². The number of thioether (sulfide) groups is 1. The van der Waals surface area contributed by atoms with Gasteiger partial charge in [-0.25, -0.2) is 4.39 Å². The van der Waals surface area contributed by atoms with E-state index in [9.17, 15) is 9.18 Å². The first-order chi connectivity index (χ1) is 6.77. The molecule has 0 bridgehead atoms. The summed E-state index contributed by atoms with van der Waals surface area (Å²) in [5.74, 6) is -0.393. The number of aldehydes is 1. The average Bonchev–Trinajstić information content (AvgIpc) is 2.55. The molecule has 0 N–H and O–H groups in total. The maximum absolute atomic E-state index is 13.5. The topological polar surface area (TPSA) is 17.1 Å². The van der Waals surface area contributed by atoms with Gasteiger partial charge in [0.25, 0.3) is 0 Å². The molecule has 0 fully saturated rings. The van der Waals surface area contributed by atoms with Gasteiger partial charge in [0, 0.05) is 10.3 Å². The lowest BCUT2D eigenvalue weighted by atomic mass is 10.2. The Bertz CT molecular complexity index is 490. The van der Waals surface area contributed by atoms with Crippen molar-refractivity contribution in [3.63, 3.8) is 0 Å². The number of hydrogen-bond acceptors (Lipinski definition) is 3. The first-order valence-electron chi connectivity index (χ1n) is 3.98. The number of thiophene rings is 1. The molecule has 1 aromatic carbocycles. The van der Waals surface area contributed by atoms with Crippen LogP contribution in [0.15, 0.2) is 23.1 Å². The first kappa shape index (κ1) is 9.68. The third kappa shape index (κ3) is 1.35. The van der Waals surface area contributed by atoms with E-state index in [1.165, 1.54) is 11.3 Å². The number of benzene rings is 1. The molecule has 1 aromatic heterocycles. The maximum Gasteiger partial charge on any atom is 0.163 e. The summed E-state index contributed by atoms with van der Waals surface area (Å²) in [5, 5.41) is 0.545. The van der Waals surface area contributed by atoms with Gasteiger partial charge in [0.2, 0.25) is 0 Å². The van der Waals surface area contributed by atoms with Gasteiger partial charge in [0.05, 0.1) is 4.70 Å². The summed E-state index contributed by atoms with van der Waals surface area (Å²) in [6.07, 6.45) is 2.51. The number of halogens is 1. The highest BCUT2D eigenvalue weighted by atomic mass is 32.2. The average molecular weight is 226 g/mol. The van der Waals surface area contributed by atoms with E-state index in [1.54, 1.807) is 23.9 Å². The zero-order valence-electron chi connectivity index (χ0n) is 7.41. The Hall–Kier alpha value is -0.870. The lowest BCUT2D eigenvalue weighted by molar-refractivity contribution is 0.112. The predicted molar refractivity (Wildman–Crippen MR) is 59.0 cm³/mol. The molecule has 0 saturated heterocycles. The fourth-order valence-electron chi connectivity index (χ4n) is 1.32. The minimum Gasteiger partial charge on any atom is -0.297 e. The molecule has 0 aliphatic rings. The van der Waals surface area contributed by atoms with Crippen LogP contribution in [0.4, 0.5) is 4.39 Å². The van der Waals surface area contributed by atoms with E-state index in [4.69, 9.17) is 0 Å². The molecule has 1 heterocycles. The van der Waals surface area contributed by atoms with Crippen LogP contribution in [-0.2, 0) is 0 Å². The van der Waals surface area contributed by atoms with Crippen molar-refractivity contribution in [2.45, 2.75) is 4.90 Å². The van der Waals surface area contributed by atoms with E-state index in [-0.39, 0.29) is 4.88 Å². The summed E-state index contributed by atoms with van der Waals surface area (Å²) in [4.78, 5) is 11.8. The number of hydrogen-bond donors (Lipinski definition) is 0. The van der Waals surface area contributed by atoms with Gasteiger partial charge in [0.1, 0.15) is 4.88 Å². The molecule has 2 rings (SSSR count). The number of rotatable bonds is 2. The van der Waals surface area contributed by atoms with Crippen LogP contribution >= 0.6 is 23.1 Å². The second-order valence-corrected chi connectivity index (χ2v) is 4.64. The van der Waals surface area contributed by atoms with E-state index < -0.39 is 5.82 Å². The van der Waals surface area contributed by atoms with Crippen LogP contribution in [-0.4, -0.2) is 12.5 Å². The number of carbonyl (C=O) groups is 1. The van der Waals surface area contributed by atoms with Crippen LogP contribution in [0.2, 0.25) is 0 Å². The third-order valence-corrected chi connectivity index (χ3v) is 4.02. The Morgan fingerprint density at radius 3 is 2.93 bits per heavy atom. The molecule has 2 aromatic rings. The maximum atomic E-state index is 13.5. The van der Waals surface area contributed by atoms with Crippen molar-refractivity contribution >= 4 is 39.5 Å². The van der Waals surface area contributed by atoms with Gasteiger partial charge in [0.15, 0.2) is 12.1 Å². The largest absolute Gasteiger partial charge is 0.297 e. The molecular formula is C10H7FOS2.